The maximum absolute atomic E-state index is 11.7. The highest BCUT2D eigenvalue weighted by atomic mass is 16.2. The van der Waals surface area contributed by atoms with Crippen molar-refractivity contribution < 1.29 is 4.79 Å². The van der Waals surface area contributed by atoms with E-state index in [4.69, 9.17) is 11.0 Å². The zero-order valence-electron chi connectivity index (χ0n) is 9.31. The minimum absolute atomic E-state index is 0.00899. The number of anilines is 1. The summed E-state index contributed by atoms with van der Waals surface area (Å²) in [5.74, 6) is 0.00899. The normalized spacial score (nSPS) is 9.56. The minimum atomic E-state index is 0.00899. The zero-order chi connectivity index (χ0) is 12.0. The van der Waals surface area contributed by atoms with Gasteiger partial charge in [-0.1, -0.05) is 0 Å². The monoisotopic (exact) mass is 217 g/mol. The Morgan fingerprint density at radius 1 is 1.44 bits per heavy atom. The van der Waals surface area contributed by atoms with E-state index in [1.807, 2.05) is 13.0 Å². The van der Waals surface area contributed by atoms with E-state index >= 15 is 0 Å². The molecule has 0 saturated heterocycles. The molecular formula is C12H15N3O. The highest BCUT2D eigenvalue weighted by molar-refractivity contribution is 5.93. The number of nitrogens with zero attached hydrogens (tertiary/aromatic N) is 2. The van der Waals surface area contributed by atoms with Gasteiger partial charge in [-0.2, -0.15) is 5.26 Å². The second-order valence-corrected chi connectivity index (χ2v) is 3.34. The number of nitrogens with two attached hydrogens (primary N) is 1. The third kappa shape index (κ3) is 2.81. The number of carbonyl (C=O) groups is 1. The molecule has 84 valence electrons. The fraction of sp³-hybridized carbons (Fsp3) is 0.333. The topological polar surface area (TPSA) is 70.1 Å². The second-order valence-electron chi connectivity index (χ2n) is 3.34. The van der Waals surface area contributed by atoms with Crippen LogP contribution in [0.25, 0.3) is 0 Å². The van der Waals surface area contributed by atoms with E-state index in [0.29, 0.717) is 25.1 Å². The first-order valence-electron chi connectivity index (χ1n) is 5.23. The summed E-state index contributed by atoms with van der Waals surface area (Å²) < 4.78 is 0. The predicted octanol–water partition coefficient (Wildman–Crippen LogP) is 1.26. The van der Waals surface area contributed by atoms with Crippen LogP contribution in [-0.4, -0.2) is 19.0 Å². The lowest BCUT2D eigenvalue weighted by atomic mass is 10.2. The third-order valence-electron chi connectivity index (χ3n) is 2.28. The van der Waals surface area contributed by atoms with Crippen molar-refractivity contribution in [3.8, 4) is 6.07 Å². The third-order valence-corrected chi connectivity index (χ3v) is 2.28. The van der Waals surface area contributed by atoms with Crippen molar-refractivity contribution >= 4 is 11.6 Å². The highest BCUT2D eigenvalue weighted by Crippen LogP contribution is 2.15. The molecule has 0 heterocycles. The summed E-state index contributed by atoms with van der Waals surface area (Å²) >= 11 is 0. The quantitative estimate of drug-likeness (QED) is 0.825. The van der Waals surface area contributed by atoms with Gasteiger partial charge in [0.15, 0.2) is 0 Å². The smallest absolute Gasteiger partial charge is 0.228 e. The molecule has 0 radical (unpaired) electrons. The zero-order valence-corrected chi connectivity index (χ0v) is 9.31. The summed E-state index contributed by atoms with van der Waals surface area (Å²) in [7, 11) is 0. The lowest BCUT2D eigenvalue weighted by Gasteiger charge is -2.20. The molecule has 0 spiro atoms. The van der Waals surface area contributed by atoms with E-state index in [2.05, 4.69) is 0 Å². The van der Waals surface area contributed by atoms with E-state index in [1.54, 1.807) is 29.2 Å². The van der Waals surface area contributed by atoms with Crippen molar-refractivity contribution in [3.63, 3.8) is 0 Å². The maximum Gasteiger partial charge on any atom is 0.228 e. The molecule has 0 atom stereocenters. The number of benzene rings is 1. The molecule has 0 aliphatic heterocycles. The molecule has 4 heteroatoms. The van der Waals surface area contributed by atoms with Crippen LogP contribution >= 0.6 is 0 Å². The molecule has 2 N–H and O–H groups in total. The predicted molar refractivity (Wildman–Crippen MR) is 62.9 cm³/mol. The molecule has 0 bridgehead atoms. The van der Waals surface area contributed by atoms with E-state index in [-0.39, 0.29) is 5.91 Å². The number of carbonyl (C=O) groups excluding carboxylic acids is 1. The molecule has 0 fully saturated rings. The Labute approximate surface area is 95.3 Å². The van der Waals surface area contributed by atoms with Gasteiger partial charge in [0.2, 0.25) is 5.91 Å². The van der Waals surface area contributed by atoms with Crippen molar-refractivity contribution in [2.45, 2.75) is 13.3 Å². The average molecular weight is 217 g/mol. The Morgan fingerprint density at radius 3 is 2.50 bits per heavy atom. The first kappa shape index (κ1) is 12.2. The SMILES string of the molecule is CCN(C(=O)CCN)c1ccc(C#N)cc1. The average Bonchev–Trinajstić information content (AvgIpc) is 2.31. The first-order chi connectivity index (χ1) is 7.72. The van der Waals surface area contributed by atoms with Crippen LogP contribution in [0.3, 0.4) is 0 Å². The van der Waals surface area contributed by atoms with E-state index < -0.39 is 0 Å². The van der Waals surface area contributed by atoms with E-state index in [1.165, 1.54) is 0 Å². The van der Waals surface area contributed by atoms with Crippen LogP contribution in [0.4, 0.5) is 5.69 Å². The highest BCUT2D eigenvalue weighted by Gasteiger charge is 2.12. The van der Waals surface area contributed by atoms with Crippen LogP contribution in [0.5, 0.6) is 0 Å². The fourth-order valence-electron chi connectivity index (χ4n) is 1.48. The van der Waals surface area contributed by atoms with Gasteiger partial charge in [-0.15, -0.1) is 0 Å². The second kappa shape index (κ2) is 5.89. The van der Waals surface area contributed by atoms with Gasteiger partial charge < -0.3 is 10.6 Å². The van der Waals surface area contributed by atoms with Crippen LogP contribution in [-0.2, 0) is 4.79 Å². The lowest BCUT2D eigenvalue weighted by molar-refractivity contribution is -0.118. The van der Waals surface area contributed by atoms with Gasteiger partial charge in [-0.25, -0.2) is 0 Å². The number of nitriles is 1. The van der Waals surface area contributed by atoms with Crippen molar-refractivity contribution in [2.24, 2.45) is 5.73 Å². The van der Waals surface area contributed by atoms with Gasteiger partial charge in [0.05, 0.1) is 11.6 Å². The summed E-state index contributed by atoms with van der Waals surface area (Å²) in [5, 5.41) is 8.67. The van der Waals surface area contributed by atoms with E-state index in [9.17, 15) is 4.79 Å². The molecule has 1 aromatic carbocycles. The molecule has 0 saturated carbocycles. The van der Waals surface area contributed by atoms with Gasteiger partial charge in [0, 0.05) is 25.2 Å². The fourth-order valence-corrected chi connectivity index (χ4v) is 1.48. The van der Waals surface area contributed by atoms with Crippen LogP contribution < -0.4 is 10.6 Å². The molecule has 1 amide bonds. The summed E-state index contributed by atoms with van der Waals surface area (Å²) in [6, 6.07) is 8.99. The number of amides is 1. The van der Waals surface area contributed by atoms with Gasteiger partial charge in [-0.3, -0.25) is 4.79 Å². The molecule has 0 aromatic heterocycles. The Kier molecular flexibility index (Phi) is 4.49. The summed E-state index contributed by atoms with van der Waals surface area (Å²) in [5.41, 5.74) is 6.75. The van der Waals surface area contributed by atoms with Crippen molar-refractivity contribution in [1.29, 1.82) is 5.26 Å². The molecular weight excluding hydrogens is 202 g/mol. The van der Waals surface area contributed by atoms with E-state index in [0.717, 1.165) is 5.69 Å². The van der Waals surface area contributed by atoms with Gasteiger partial charge in [0.1, 0.15) is 0 Å². The van der Waals surface area contributed by atoms with Crippen molar-refractivity contribution in [2.75, 3.05) is 18.0 Å². The lowest BCUT2D eigenvalue weighted by Crippen LogP contribution is -2.31. The van der Waals surface area contributed by atoms with Crippen LogP contribution in [0.15, 0.2) is 24.3 Å². The Morgan fingerprint density at radius 2 is 2.06 bits per heavy atom. The van der Waals surface area contributed by atoms with Crippen molar-refractivity contribution in [3.05, 3.63) is 29.8 Å². The van der Waals surface area contributed by atoms with Crippen LogP contribution in [0, 0.1) is 11.3 Å². The number of rotatable bonds is 4. The standard InChI is InChI=1S/C12H15N3O/c1-2-15(12(16)7-8-13)11-5-3-10(9-14)4-6-11/h3-6H,2,7-8,13H2,1H3. The molecule has 0 aliphatic rings. The molecule has 16 heavy (non-hydrogen) atoms. The summed E-state index contributed by atoms with van der Waals surface area (Å²) in [6.45, 7) is 2.86. The van der Waals surface area contributed by atoms with Crippen LogP contribution in [0.1, 0.15) is 18.9 Å². The number of hydrogen-bond donors (Lipinski definition) is 1. The van der Waals surface area contributed by atoms with Crippen LogP contribution in [0.2, 0.25) is 0 Å². The number of hydrogen-bond acceptors (Lipinski definition) is 3. The first-order valence-corrected chi connectivity index (χ1v) is 5.23. The largest absolute Gasteiger partial charge is 0.330 e. The molecule has 4 nitrogen and oxygen atoms in total. The summed E-state index contributed by atoms with van der Waals surface area (Å²) in [4.78, 5) is 13.4. The van der Waals surface area contributed by atoms with Crippen molar-refractivity contribution in [1.82, 2.24) is 0 Å². The summed E-state index contributed by atoms with van der Waals surface area (Å²) in [6.07, 6.45) is 0.341. The molecule has 1 aromatic rings. The Bertz CT molecular complexity index is 392. The maximum atomic E-state index is 11.7. The molecule has 1 rings (SSSR count). The minimum Gasteiger partial charge on any atom is -0.330 e. The van der Waals surface area contributed by atoms with Gasteiger partial charge in [0.25, 0.3) is 0 Å². The molecule has 0 unspecified atom stereocenters. The Hall–Kier alpha value is -1.86. The molecule has 0 aliphatic carbocycles. The Balaban J connectivity index is 2.87. The van der Waals surface area contributed by atoms with Gasteiger partial charge >= 0.3 is 0 Å². The van der Waals surface area contributed by atoms with Gasteiger partial charge in [-0.05, 0) is 31.2 Å².